The molecule has 0 bridgehead atoms. The summed E-state index contributed by atoms with van der Waals surface area (Å²) < 4.78 is 10.1. The van der Waals surface area contributed by atoms with Gasteiger partial charge in [-0.15, -0.1) is 87.9 Å². The summed E-state index contributed by atoms with van der Waals surface area (Å²) >= 11 is 0. The van der Waals surface area contributed by atoms with E-state index in [1.165, 1.54) is 100 Å². The molecule has 0 aliphatic carbocycles. The second kappa shape index (κ2) is 43.9. The van der Waals surface area contributed by atoms with Crippen LogP contribution in [0.2, 0.25) is 0 Å². The molecule has 20 heteroatoms. The molecular weight excluding hydrogens is 2110 g/mol. The van der Waals surface area contributed by atoms with Crippen molar-refractivity contribution in [2.45, 2.75) is 94.9 Å². The van der Waals surface area contributed by atoms with Gasteiger partial charge in [0, 0.05) is 158 Å². The standard InChI is InChI=1S/C22H22N3.3C20H16N3.C16H14N3.C10H7N2.3Ir/c1-15(2)19-10-7-11-20(16(3)4)21(19)25-13-12-24-22(25)17-8-6-9-18(14-17)23-5;3*1-14-4-3-5-15(2)20(14)17-7-10-22-19(12-17)23-11-8-16-6-9-21-13-18(16)23;1-12-5-3-6-13(2)15(12)19-10-9-18-16(19)14-7-4-8-17-11-14;1-2-7-12-10(5-1)9-4-3-6-11-8-9;;;/h6-7,9-16H,1-4H3;3*3-10,12-13H,1-2H3;3-6,8-11H,1-2H3;1-3,5-8H;;;/q6*-1;;;. The van der Waals surface area contributed by atoms with Crippen molar-refractivity contribution < 1.29 is 60.3 Å². The monoisotopic (exact) mass is 2200 g/mol. The van der Waals surface area contributed by atoms with Crippen LogP contribution in [0.3, 0.4) is 0 Å². The summed E-state index contributed by atoms with van der Waals surface area (Å²) in [4.78, 5) is 51.0. The number of hydrogen-bond donors (Lipinski definition) is 0. The van der Waals surface area contributed by atoms with Gasteiger partial charge in [0.15, 0.2) is 0 Å². The van der Waals surface area contributed by atoms with E-state index in [2.05, 4.69) is 316 Å². The fourth-order valence-electron chi connectivity index (χ4n) is 15.6. The zero-order valence-corrected chi connectivity index (χ0v) is 80.0. The van der Waals surface area contributed by atoms with Crippen LogP contribution >= 0.6 is 0 Å². The number of nitrogens with zero attached hydrogens (tertiary/aromatic N) is 17. The van der Waals surface area contributed by atoms with Crippen molar-refractivity contribution in [3.8, 4) is 96.2 Å². The van der Waals surface area contributed by atoms with Crippen LogP contribution in [-0.2, 0) is 60.3 Å². The van der Waals surface area contributed by atoms with Crippen LogP contribution < -0.4 is 0 Å². The Morgan fingerprint density at radius 2 is 0.695 bits per heavy atom. The molecule has 0 aliphatic rings. The molecule has 0 saturated heterocycles. The zero-order valence-electron chi connectivity index (χ0n) is 72.9. The van der Waals surface area contributed by atoms with Gasteiger partial charge in [-0.05, 0) is 186 Å². The molecule has 0 N–H and O–H groups in total. The summed E-state index contributed by atoms with van der Waals surface area (Å²) in [5.41, 5.74) is 29.6. The molecule has 20 rings (SSSR count). The van der Waals surface area contributed by atoms with E-state index >= 15 is 0 Å². The molecule has 0 fully saturated rings. The van der Waals surface area contributed by atoms with Crippen molar-refractivity contribution in [1.82, 2.24) is 77.7 Å². The summed E-state index contributed by atoms with van der Waals surface area (Å²) in [6.45, 7) is 33.2. The second-order valence-electron chi connectivity index (χ2n) is 30.8. The van der Waals surface area contributed by atoms with Crippen molar-refractivity contribution >= 4 is 38.4 Å². The molecular formula is C108H91Ir3N17-6. The van der Waals surface area contributed by atoms with Crippen LogP contribution in [0.5, 0.6) is 0 Å². The third-order valence-electron chi connectivity index (χ3n) is 21.6. The van der Waals surface area contributed by atoms with Crippen LogP contribution in [0.1, 0.15) is 95.2 Å². The fraction of sp³-hybridized carbons (Fsp3) is 0.130. The van der Waals surface area contributed by atoms with Crippen LogP contribution in [0, 0.1) is 98.8 Å². The van der Waals surface area contributed by atoms with E-state index in [-0.39, 0.29) is 60.3 Å². The van der Waals surface area contributed by atoms with E-state index in [1.807, 2.05) is 136 Å². The molecule has 0 unspecified atom stereocenters. The van der Waals surface area contributed by atoms with E-state index < -0.39 is 0 Å². The number of aromatic nitrogens is 16. The molecule has 17 nitrogen and oxygen atoms in total. The molecule has 14 heterocycles. The summed E-state index contributed by atoms with van der Waals surface area (Å²) in [6, 6.07) is 80.5. The number of imidazole rings is 2. The predicted molar refractivity (Wildman–Crippen MR) is 502 cm³/mol. The topological polar surface area (TPSA) is 171 Å². The number of pyridine rings is 9. The predicted octanol–water partition coefficient (Wildman–Crippen LogP) is 24.9. The zero-order chi connectivity index (χ0) is 86.9. The van der Waals surface area contributed by atoms with E-state index in [1.54, 1.807) is 73.8 Å². The molecule has 0 amide bonds. The van der Waals surface area contributed by atoms with E-state index in [9.17, 15) is 0 Å². The molecule has 3 radical (unpaired) electrons. The Kier molecular flexibility index (Phi) is 32.0. The Balaban J connectivity index is 0.000000140. The van der Waals surface area contributed by atoms with Gasteiger partial charge < -0.3 is 37.8 Å². The second-order valence-corrected chi connectivity index (χ2v) is 30.8. The number of aryl methyl sites for hydroxylation is 8. The number of benzene rings is 6. The average Bonchev–Trinajstić information content (AvgIpc) is 1.45. The van der Waals surface area contributed by atoms with Crippen molar-refractivity contribution in [2.24, 2.45) is 0 Å². The average molecular weight is 2200 g/mol. The van der Waals surface area contributed by atoms with Gasteiger partial charge in [0.25, 0.3) is 0 Å². The minimum atomic E-state index is 0. The Morgan fingerprint density at radius 3 is 1.08 bits per heavy atom. The summed E-state index contributed by atoms with van der Waals surface area (Å²) in [5, 5.41) is 3.33. The summed E-state index contributed by atoms with van der Waals surface area (Å²) in [6.07, 6.45) is 42.6. The molecule has 128 heavy (non-hydrogen) atoms. The molecule has 0 spiro atoms. The van der Waals surface area contributed by atoms with Crippen molar-refractivity contribution in [3.05, 3.63) is 428 Å². The first-order chi connectivity index (χ1) is 61.0. The first-order valence-corrected chi connectivity index (χ1v) is 41.3. The molecule has 6 aromatic carbocycles. The van der Waals surface area contributed by atoms with Gasteiger partial charge in [-0.2, -0.15) is 6.07 Å². The fourth-order valence-corrected chi connectivity index (χ4v) is 15.6. The maximum Gasteiger partial charge on any atom is 0.109 e. The Bertz CT molecular complexity index is 6610. The van der Waals surface area contributed by atoms with Gasteiger partial charge in [-0.3, -0.25) is 44.7 Å². The number of rotatable bonds is 13. The number of hydrogen-bond acceptors (Lipinski definition) is 11. The van der Waals surface area contributed by atoms with Crippen molar-refractivity contribution in [1.29, 1.82) is 0 Å². The van der Waals surface area contributed by atoms with Gasteiger partial charge in [-0.25, -0.2) is 0 Å². The smallest absolute Gasteiger partial charge is 0.109 e. The quantitative estimate of drug-likeness (QED) is 0.101. The van der Waals surface area contributed by atoms with Crippen molar-refractivity contribution in [3.63, 3.8) is 0 Å². The van der Waals surface area contributed by atoms with Gasteiger partial charge >= 0.3 is 0 Å². The van der Waals surface area contributed by atoms with Gasteiger partial charge in [0.05, 0.1) is 35.7 Å². The number of para-hydroxylation sites is 2. The summed E-state index contributed by atoms with van der Waals surface area (Å²) in [5.74, 6) is 5.06. The van der Waals surface area contributed by atoms with Gasteiger partial charge in [-0.1, -0.05) is 233 Å². The van der Waals surface area contributed by atoms with Gasteiger partial charge in [0.2, 0.25) is 0 Å². The largest absolute Gasteiger partial charge is 0.427 e. The SMILES string of the molecule is Cc1cccc(C)c1-c1ccnc(-n2[c-]cc3ccncc32)c1.Cc1cccc(C)c1-c1ccnc(-n2[c-]cc3ccncc32)c1.Cc1cccc(C)c1-c1ccnc(-n2[c-]cc3ccncc32)c1.Cc1cccc(C)c1-n1ccnc1-c1[c-]ccnc1.[C-]#[N+]c1cc[c-]c(-c2nccn2-c2c(C(C)C)cccc2C(C)C)c1.[Ir].[Ir].[Ir].[c-]1ccncc1-c1ccccn1. The van der Waals surface area contributed by atoms with Crippen molar-refractivity contribution in [2.75, 3.05) is 0 Å². The molecule has 20 aromatic rings. The number of fused-ring (bicyclic) bond motifs is 3. The van der Waals surface area contributed by atoms with E-state index in [0.717, 1.165) is 84.2 Å². The first-order valence-electron chi connectivity index (χ1n) is 41.3. The molecule has 14 aromatic heterocycles. The maximum absolute atomic E-state index is 7.25. The third-order valence-corrected chi connectivity index (χ3v) is 21.6. The minimum absolute atomic E-state index is 0. The van der Waals surface area contributed by atoms with Crippen LogP contribution in [0.4, 0.5) is 5.69 Å². The normalized spacial score (nSPS) is 10.6. The summed E-state index contributed by atoms with van der Waals surface area (Å²) in [7, 11) is 0. The van der Waals surface area contributed by atoms with Crippen LogP contribution in [0.15, 0.2) is 324 Å². The molecule has 0 atom stereocenters. The maximum atomic E-state index is 7.25. The molecule has 641 valence electrons. The first kappa shape index (κ1) is 93.3. The third kappa shape index (κ3) is 21.4. The Hall–Kier alpha value is -13.9. The van der Waals surface area contributed by atoms with E-state index in [4.69, 9.17) is 6.57 Å². The molecule has 0 aliphatic heterocycles. The molecule has 0 saturated carbocycles. The Morgan fingerprint density at radius 1 is 0.320 bits per heavy atom. The van der Waals surface area contributed by atoms with Crippen LogP contribution in [0.25, 0.3) is 134 Å². The Labute approximate surface area is 788 Å². The van der Waals surface area contributed by atoms with Crippen LogP contribution in [-0.4, -0.2) is 77.7 Å². The minimum Gasteiger partial charge on any atom is -0.427 e. The van der Waals surface area contributed by atoms with Gasteiger partial charge in [0.1, 0.15) is 5.69 Å². The van der Waals surface area contributed by atoms with E-state index in [0.29, 0.717) is 17.5 Å².